The van der Waals surface area contributed by atoms with E-state index in [0.29, 0.717) is 0 Å². The summed E-state index contributed by atoms with van der Waals surface area (Å²) in [5, 5.41) is 12.2. The highest BCUT2D eigenvalue weighted by molar-refractivity contribution is 5.95. The van der Waals surface area contributed by atoms with E-state index < -0.39 is 12.1 Å². The third-order valence-electron chi connectivity index (χ3n) is 2.63. The second-order valence-electron chi connectivity index (χ2n) is 4.05. The van der Waals surface area contributed by atoms with Gasteiger partial charge in [0, 0.05) is 19.3 Å². The van der Waals surface area contributed by atoms with E-state index in [0.717, 1.165) is 10.6 Å². The van der Waals surface area contributed by atoms with Crippen LogP contribution >= 0.6 is 0 Å². The third kappa shape index (κ3) is 3.98. The Morgan fingerprint density at radius 3 is 2.45 bits per heavy atom. The number of phenolic OH excluding ortho intramolecular Hbond substituents is 1. The van der Waals surface area contributed by atoms with E-state index in [1.54, 1.807) is 26.1 Å². The summed E-state index contributed by atoms with van der Waals surface area (Å²) in [6.07, 6.45) is 0. The Bertz CT molecular complexity index is 487. The highest BCUT2D eigenvalue weighted by atomic mass is 16.3. The first-order chi connectivity index (χ1) is 9.49. The molecule has 0 spiro atoms. The lowest BCUT2D eigenvalue weighted by Gasteiger charge is -2.24. The molecule has 0 aromatic heterocycles. The molecule has 0 saturated carbocycles. The van der Waals surface area contributed by atoms with Crippen LogP contribution in [0.3, 0.4) is 0 Å². The van der Waals surface area contributed by atoms with Crippen molar-refractivity contribution >= 4 is 24.5 Å². The predicted octanol–water partition coefficient (Wildman–Crippen LogP) is 1.96. The monoisotopic (exact) mass is 278 g/mol. The SMILES string of the molecule is C=NC(=O)N(CC)C(=O)N(C)CNc1ccc(O)cc1. The Kier molecular flexibility index (Phi) is 5.52. The molecule has 4 amide bonds. The van der Waals surface area contributed by atoms with Crippen LogP contribution in [0.25, 0.3) is 0 Å². The fourth-order valence-electron chi connectivity index (χ4n) is 1.50. The van der Waals surface area contributed by atoms with Crippen molar-refractivity contribution in [2.24, 2.45) is 4.99 Å². The van der Waals surface area contributed by atoms with Crippen molar-refractivity contribution in [1.29, 1.82) is 0 Å². The number of hydrogen-bond acceptors (Lipinski definition) is 4. The molecule has 0 atom stereocenters. The average Bonchev–Trinajstić information content (AvgIpc) is 2.46. The van der Waals surface area contributed by atoms with Gasteiger partial charge in [-0.15, -0.1) is 0 Å². The Morgan fingerprint density at radius 2 is 1.95 bits per heavy atom. The van der Waals surface area contributed by atoms with E-state index >= 15 is 0 Å². The van der Waals surface area contributed by atoms with Gasteiger partial charge in [0.1, 0.15) is 5.75 Å². The van der Waals surface area contributed by atoms with Crippen LogP contribution in [0.15, 0.2) is 29.3 Å². The molecule has 0 unspecified atom stereocenters. The first kappa shape index (κ1) is 15.5. The molecule has 0 saturated heterocycles. The summed E-state index contributed by atoms with van der Waals surface area (Å²) in [7, 11) is 1.56. The van der Waals surface area contributed by atoms with Crippen molar-refractivity contribution in [1.82, 2.24) is 9.80 Å². The molecule has 1 aromatic rings. The van der Waals surface area contributed by atoms with E-state index in [1.165, 1.54) is 17.0 Å². The van der Waals surface area contributed by atoms with Crippen LogP contribution in [0.1, 0.15) is 6.92 Å². The van der Waals surface area contributed by atoms with E-state index in [4.69, 9.17) is 5.11 Å². The third-order valence-corrected chi connectivity index (χ3v) is 2.63. The number of aliphatic imine (C=N–C) groups is 1. The van der Waals surface area contributed by atoms with Crippen LogP contribution in [-0.2, 0) is 0 Å². The van der Waals surface area contributed by atoms with Gasteiger partial charge in [-0.2, -0.15) is 0 Å². The number of benzene rings is 1. The van der Waals surface area contributed by atoms with Crippen molar-refractivity contribution in [2.75, 3.05) is 25.6 Å². The van der Waals surface area contributed by atoms with Gasteiger partial charge in [0.05, 0.1) is 6.67 Å². The topological polar surface area (TPSA) is 85.2 Å². The maximum absolute atomic E-state index is 12.0. The fraction of sp³-hybridized carbons (Fsp3) is 0.308. The van der Waals surface area contributed by atoms with Gasteiger partial charge >= 0.3 is 12.1 Å². The number of anilines is 1. The number of phenols is 1. The highest BCUT2D eigenvalue weighted by Crippen LogP contribution is 2.13. The van der Waals surface area contributed by atoms with Crippen molar-refractivity contribution in [3.05, 3.63) is 24.3 Å². The lowest BCUT2D eigenvalue weighted by Crippen LogP contribution is -2.45. The van der Waals surface area contributed by atoms with Crippen LogP contribution in [0, 0.1) is 0 Å². The minimum atomic E-state index is -0.672. The van der Waals surface area contributed by atoms with Crippen LogP contribution in [0.5, 0.6) is 5.75 Å². The van der Waals surface area contributed by atoms with Crippen LogP contribution in [-0.4, -0.2) is 53.9 Å². The first-order valence-corrected chi connectivity index (χ1v) is 6.05. The molecule has 2 N–H and O–H groups in total. The maximum Gasteiger partial charge on any atom is 0.351 e. The summed E-state index contributed by atoms with van der Waals surface area (Å²) < 4.78 is 0. The van der Waals surface area contributed by atoms with Crippen LogP contribution in [0.2, 0.25) is 0 Å². The zero-order valence-corrected chi connectivity index (χ0v) is 11.5. The molecular formula is C13H18N4O3. The summed E-state index contributed by atoms with van der Waals surface area (Å²) in [5.41, 5.74) is 0.749. The molecule has 0 bridgehead atoms. The lowest BCUT2D eigenvalue weighted by molar-refractivity contribution is 0.170. The number of nitrogens with zero attached hydrogens (tertiary/aromatic N) is 3. The van der Waals surface area contributed by atoms with E-state index in [1.807, 2.05) is 0 Å². The fourth-order valence-corrected chi connectivity index (χ4v) is 1.50. The Balaban J connectivity index is 2.59. The molecule has 1 rings (SSSR count). The molecule has 0 heterocycles. The van der Waals surface area contributed by atoms with E-state index in [9.17, 15) is 9.59 Å². The quantitative estimate of drug-likeness (QED) is 0.501. The van der Waals surface area contributed by atoms with Gasteiger partial charge in [0.15, 0.2) is 0 Å². The molecule has 0 aliphatic carbocycles. The number of aromatic hydroxyl groups is 1. The summed E-state index contributed by atoms with van der Waals surface area (Å²) >= 11 is 0. The predicted molar refractivity (Wildman–Crippen MR) is 77.1 cm³/mol. The molecule has 0 aliphatic rings. The molecular weight excluding hydrogens is 260 g/mol. The molecule has 0 fully saturated rings. The molecule has 7 heteroatoms. The summed E-state index contributed by atoms with van der Waals surface area (Å²) in [5.74, 6) is 0.166. The van der Waals surface area contributed by atoms with E-state index in [-0.39, 0.29) is 19.0 Å². The Hall–Kier alpha value is -2.57. The Labute approximate surface area is 117 Å². The minimum Gasteiger partial charge on any atom is -0.508 e. The number of amides is 4. The highest BCUT2D eigenvalue weighted by Gasteiger charge is 2.21. The molecule has 20 heavy (non-hydrogen) atoms. The van der Waals surface area contributed by atoms with Crippen molar-refractivity contribution in [3.8, 4) is 5.75 Å². The molecule has 0 radical (unpaired) electrons. The zero-order chi connectivity index (χ0) is 15.1. The second kappa shape index (κ2) is 7.13. The standard InChI is InChI=1S/C13H18N4O3/c1-4-17(12(19)14-2)13(20)16(3)9-15-10-5-7-11(18)8-6-10/h5-8,15,18H,2,4,9H2,1,3H3. The van der Waals surface area contributed by atoms with Crippen molar-refractivity contribution in [3.63, 3.8) is 0 Å². The van der Waals surface area contributed by atoms with Crippen molar-refractivity contribution < 1.29 is 14.7 Å². The lowest BCUT2D eigenvalue weighted by atomic mass is 10.3. The van der Waals surface area contributed by atoms with E-state index in [2.05, 4.69) is 17.0 Å². The van der Waals surface area contributed by atoms with Crippen LogP contribution in [0.4, 0.5) is 15.3 Å². The number of carbonyl (C=O) groups excluding carboxylic acids is 2. The number of hydrogen-bond donors (Lipinski definition) is 2. The summed E-state index contributed by atoms with van der Waals surface area (Å²) in [4.78, 5) is 29.0. The van der Waals surface area contributed by atoms with Gasteiger partial charge in [0.2, 0.25) is 0 Å². The largest absolute Gasteiger partial charge is 0.508 e. The molecule has 7 nitrogen and oxygen atoms in total. The first-order valence-electron chi connectivity index (χ1n) is 6.05. The minimum absolute atomic E-state index is 0.166. The molecule has 1 aromatic carbocycles. The summed E-state index contributed by atoms with van der Waals surface area (Å²) in [6, 6.07) is 5.30. The number of urea groups is 2. The number of rotatable bonds is 4. The average molecular weight is 278 g/mol. The maximum atomic E-state index is 12.0. The number of carbonyl (C=O) groups is 2. The normalized spacial score (nSPS) is 9.70. The number of imide groups is 1. The zero-order valence-electron chi connectivity index (χ0n) is 11.5. The van der Waals surface area contributed by atoms with Gasteiger partial charge in [-0.1, -0.05) is 0 Å². The molecule has 0 aliphatic heterocycles. The second-order valence-corrected chi connectivity index (χ2v) is 4.05. The van der Waals surface area contributed by atoms with Gasteiger partial charge in [-0.05, 0) is 37.9 Å². The smallest absolute Gasteiger partial charge is 0.351 e. The number of nitrogens with one attached hydrogen (secondary N) is 1. The Morgan fingerprint density at radius 1 is 1.35 bits per heavy atom. The van der Waals surface area contributed by atoms with Crippen molar-refractivity contribution in [2.45, 2.75) is 6.92 Å². The molecule has 108 valence electrons. The van der Waals surface area contributed by atoms with Gasteiger partial charge < -0.3 is 15.3 Å². The van der Waals surface area contributed by atoms with Crippen LogP contribution < -0.4 is 5.32 Å². The summed E-state index contributed by atoms with van der Waals surface area (Å²) in [6.45, 7) is 5.24. The van der Waals surface area contributed by atoms with Gasteiger partial charge in [-0.3, -0.25) is 0 Å². The van der Waals surface area contributed by atoms with Gasteiger partial charge in [0.25, 0.3) is 0 Å². The van der Waals surface area contributed by atoms with Gasteiger partial charge in [-0.25, -0.2) is 19.5 Å².